The van der Waals surface area contributed by atoms with E-state index in [4.69, 9.17) is 0 Å². The first-order valence-electron chi connectivity index (χ1n) is 12.6. The minimum absolute atomic E-state index is 0.127. The molecule has 1 aromatic heterocycles. The van der Waals surface area contributed by atoms with E-state index in [0.717, 1.165) is 54.6 Å². The zero-order chi connectivity index (χ0) is 23.0. The maximum absolute atomic E-state index is 14.1. The number of likely N-dealkylation sites (tertiary alicyclic amines) is 1. The summed E-state index contributed by atoms with van der Waals surface area (Å²) in [7, 11) is 0. The molecule has 2 heterocycles. The Balaban J connectivity index is 1.33. The van der Waals surface area contributed by atoms with E-state index in [0.29, 0.717) is 5.92 Å². The quantitative estimate of drug-likeness (QED) is 0.346. The van der Waals surface area contributed by atoms with Crippen LogP contribution in [0.3, 0.4) is 0 Å². The number of aryl methyl sites for hydroxylation is 3. The van der Waals surface area contributed by atoms with Crippen LogP contribution in [-0.4, -0.2) is 23.0 Å². The summed E-state index contributed by atoms with van der Waals surface area (Å²) in [4.78, 5) is 7.24. The minimum atomic E-state index is -0.127. The Morgan fingerprint density at radius 3 is 2.15 bits per heavy atom. The summed E-state index contributed by atoms with van der Waals surface area (Å²) in [5.41, 5.74) is 6.94. The second-order valence-corrected chi connectivity index (χ2v) is 9.97. The van der Waals surface area contributed by atoms with Gasteiger partial charge in [-0.15, -0.1) is 0 Å². The van der Waals surface area contributed by atoms with Crippen molar-refractivity contribution in [1.82, 2.24) is 9.88 Å². The zero-order valence-electron chi connectivity index (χ0n) is 20.2. The number of benzene rings is 2. The molecule has 0 radical (unpaired) electrons. The Hall–Kier alpha value is -2.52. The fraction of sp³-hybridized carbons (Fsp3) is 0.433. The second kappa shape index (κ2) is 11.6. The molecule has 1 fully saturated rings. The molecule has 2 nitrogen and oxygen atoms in total. The van der Waals surface area contributed by atoms with E-state index < -0.39 is 0 Å². The van der Waals surface area contributed by atoms with Crippen molar-refractivity contribution >= 4 is 0 Å². The van der Waals surface area contributed by atoms with Crippen LogP contribution in [0.2, 0.25) is 0 Å². The van der Waals surface area contributed by atoms with Crippen LogP contribution in [0.4, 0.5) is 4.39 Å². The molecule has 174 valence electrons. The smallest absolute Gasteiger partial charge is 0.123 e. The van der Waals surface area contributed by atoms with Gasteiger partial charge < -0.3 is 0 Å². The first kappa shape index (κ1) is 23.6. The van der Waals surface area contributed by atoms with Gasteiger partial charge in [-0.25, -0.2) is 4.39 Å². The number of rotatable bonds is 9. The van der Waals surface area contributed by atoms with E-state index in [-0.39, 0.29) is 5.82 Å². The Labute approximate surface area is 198 Å². The number of pyridine rings is 1. The molecule has 1 aliphatic heterocycles. The summed E-state index contributed by atoms with van der Waals surface area (Å²) in [6, 6.07) is 18.7. The molecule has 4 rings (SSSR count). The average Bonchev–Trinajstić information content (AvgIpc) is 2.83. The maximum atomic E-state index is 14.1. The van der Waals surface area contributed by atoms with Crippen LogP contribution in [0.15, 0.2) is 60.8 Å². The molecule has 33 heavy (non-hydrogen) atoms. The van der Waals surface area contributed by atoms with Crippen molar-refractivity contribution in [3.63, 3.8) is 0 Å². The highest BCUT2D eigenvalue weighted by Crippen LogP contribution is 2.21. The van der Waals surface area contributed by atoms with Gasteiger partial charge in [-0.2, -0.15) is 0 Å². The van der Waals surface area contributed by atoms with Crippen LogP contribution < -0.4 is 0 Å². The molecule has 0 atom stereocenters. The monoisotopic (exact) mass is 444 g/mol. The van der Waals surface area contributed by atoms with Crippen molar-refractivity contribution in [2.45, 2.75) is 65.3 Å². The SMILES string of the molecule is CC(C)CCc1cc(F)cc(CCc2ccc(-c3ccc(CN4CCCCC4)cc3)cn2)c1. The van der Waals surface area contributed by atoms with Crippen LogP contribution in [0.25, 0.3) is 11.1 Å². The molecule has 3 heteroatoms. The third kappa shape index (κ3) is 7.23. The molecule has 0 saturated carbocycles. The summed E-state index contributed by atoms with van der Waals surface area (Å²) >= 11 is 0. The van der Waals surface area contributed by atoms with Gasteiger partial charge in [0, 0.05) is 24.0 Å². The maximum Gasteiger partial charge on any atom is 0.123 e. The van der Waals surface area contributed by atoms with Crippen LogP contribution in [0.1, 0.15) is 61.9 Å². The van der Waals surface area contributed by atoms with Gasteiger partial charge in [0.2, 0.25) is 0 Å². The zero-order valence-corrected chi connectivity index (χ0v) is 20.2. The standard InChI is InChI=1S/C30H37FN2/c1-23(2)6-7-25-18-26(20-29(31)19-25)10-14-30-15-13-28(21-32-30)27-11-8-24(9-12-27)22-33-16-4-3-5-17-33/h8-9,11-13,15,18-21,23H,3-7,10,14,16-17,22H2,1-2H3. The predicted octanol–water partition coefficient (Wildman–Crippen LogP) is 7.25. The molecular weight excluding hydrogens is 407 g/mol. The molecule has 0 unspecified atom stereocenters. The van der Waals surface area contributed by atoms with Crippen LogP contribution >= 0.6 is 0 Å². The van der Waals surface area contributed by atoms with Crippen molar-refractivity contribution < 1.29 is 4.39 Å². The summed E-state index contributed by atoms with van der Waals surface area (Å²) in [6.07, 6.45) is 9.65. The minimum Gasteiger partial charge on any atom is -0.299 e. The Morgan fingerprint density at radius 2 is 1.48 bits per heavy atom. The lowest BCUT2D eigenvalue weighted by Crippen LogP contribution is -2.28. The normalized spacial score (nSPS) is 14.7. The summed E-state index contributed by atoms with van der Waals surface area (Å²) in [5, 5.41) is 0. The lowest BCUT2D eigenvalue weighted by atomic mass is 9.99. The molecule has 1 saturated heterocycles. The van der Waals surface area contributed by atoms with Crippen LogP contribution in [0.5, 0.6) is 0 Å². The van der Waals surface area contributed by atoms with Gasteiger partial charge in [-0.3, -0.25) is 9.88 Å². The third-order valence-electron chi connectivity index (χ3n) is 6.66. The molecule has 1 aliphatic rings. The Morgan fingerprint density at radius 1 is 0.788 bits per heavy atom. The van der Waals surface area contributed by atoms with Crippen molar-refractivity contribution in [3.8, 4) is 11.1 Å². The molecule has 0 aliphatic carbocycles. The number of aromatic nitrogens is 1. The number of halogens is 1. The number of piperidine rings is 1. The molecule has 0 N–H and O–H groups in total. The van der Waals surface area contributed by atoms with Gasteiger partial charge in [0.05, 0.1) is 0 Å². The van der Waals surface area contributed by atoms with Crippen LogP contribution in [-0.2, 0) is 25.8 Å². The van der Waals surface area contributed by atoms with Gasteiger partial charge >= 0.3 is 0 Å². The molecule has 0 bridgehead atoms. The van der Waals surface area contributed by atoms with E-state index in [1.807, 2.05) is 6.20 Å². The largest absolute Gasteiger partial charge is 0.299 e. The number of hydrogen-bond acceptors (Lipinski definition) is 2. The predicted molar refractivity (Wildman–Crippen MR) is 136 cm³/mol. The summed E-state index contributed by atoms with van der Waals surface area (Å²) < 4.78 is 14.1. The van der Waals surface area contributed by atoms with Gasteiger partial charge in [0.25, 0.3) is 0 Å². The van der Waals surface area contributed by atoms with Crippen molar-refractivity contribution in [2.75, 3.05) is 13.1 Å². The second-order valence-electron chi connectivity index (χ2n) is 9.97. The molecule has 0 amide bonds. The van der Waals surface area contributed by atoms with Crippen molar-refractivity contribution in [1.29, 1.82) is 0 Å². The molecular formula is C30H37FN2. The third-order valence-corrected chi connectivity index (χ3v) is 6.66. The van der Waals surface area contributed by atoms with E-state index in [9.17, 15) is 4.39 Å². The molecule has 2 aromatic carbocycles. The first-order valence-corrected chi connectivity index (χ1v) is 12.6. The molecule has 3 aromatic rings. The number of hydrogen-bond donors (Lipinski definition) is 0. The lowest BCUT2D eigenvalue weighted by molar-refractivity contribution is 0.221. The van der Waals surface area contributed by atoms with E-state index >= 15 is 0 Å². The van der Waals surface area contributed by atoms with Gasteiger partial charge in [-0.05, 0) is 98.0 Å². The van der Waals surface area contributed by atoms with Crippen LogP contribution in [0, 0.1) is 11.7 Å². The highest BCUT2D eigenvalue weighted by atomic mass is 19.1. The Bertz CT molecular complexity index is 1000. The fourth-order valence-electron chi connectivity index (χ4n) is 4.66. The first-order chi connectivity index (χ1) is 16.0. The fourth-order valence-corrected chi connectivity index (χ4v) is 4.66. The van der Waals surface area contributed by atoms with E-state index in [2.05, 4.69) is 66.2 Å². The van der Waals surface area contributed by atoms with Gasteiger partial charge in [0.1, 0.15) is 5.82 Å². The summed E-state index contributed by atoms with van der Waals surface area (Å²) in [6.45, 7) is 7.92. The average molecular weight is 445 g/mol. The van der Waals surface area contributed by atoms with Crippen molar-refractivity contribution in [2.24, 2.45) is 5.92 Å². The highest BCUT2D eigenvalue weighted by Gasteiger charge is 2.10. The summed E-state index contributed by atoms with van der Waals surface area (Å²) in [5.74, 6) is 0.503. The topological polar surface area (TPSA) is 16.1 Å². The van der Waals surface area contributed by atoms with Gasteiger partial charge in [-0.1, -0.05) is 56.7 Å². The van der Waals surface area contributed by atoms with Gasteiger partial charge in [0.15, 0.2) is 0 Å². The Kier molecular flexibility index (Phi) is 8.28. The van der Waals surface area contributed by atoms with E-state index in [1.54, 1.807) is 12.1 Å². The molecule has 0 spiro atoms. The number of nitrogens with zero attached hydrogens (tertiary/aromatic N) is 2. The van der Waals surface area contributed by atoms with E-state index in [1.165, 1.54) is 43.5 Å². The lowest BCUT2D eigenvalue weighted by Gasteiger charge is -2.26. The van der Waals surface area contributed by atoms with Crippen molar-refractivity contribution in [3.05, 3.63) is 89.0 Å². The highest BCUT2D eigenvalue weighted by molar-refractivity contribution is 5.62.